The van der Waals surface area contributed by atoms with Gasteiger partial charge in [-0.05, 0) is 58.2 Å². The SMILES string of the molecule is CC(C)(C)OC(=O)N1CCC2(CC1)C[C@H](CCN1CCN(c3cccc(Cl)c3)CC1)OC2=O. The van der Waals surface area contributed by atoms with E-state index in [4.69, 9.17) is 21.1 Å². The van der Waals surface area contributed by atoms with E-state index in [9.17, 15) is 9.59 Å². The molecular weight excluding hydrogens is 442 g/mol. The molecule has 0 N–H and O–H groups in total. The van der Waals surface area contributed by atoms with Gasteiger partial charge < -0.3 is 19.3 Å². The van der Waals surface area contributed by atoms with Crippen LogP contribution in [0.5, 0.6) is 0 Å². The number of likely N-dealkylation sites (tertiary alicyclic amines) is 1. The molecule has 182 valence electrons. The molecule has 0 bridgehead atoms. The minimum absolute atomic E-state index is 0.0310. The number of esters is 1. The van der Waals surface area contributed by atoms with Crippen LogP contribution >= 0.6 is 11.6 Å². The lowest BCUT2D eigenvalue weighted by Gasteiger charge is -2.37. The van der Waals surface area contributed by atoms with Crippen molar-refractivity contribution in [3.63, 3.8) is 0 Å². The molecule has 0 aromatic heterocycles. The third kappa shape index (κ3) is 5.93. The number of amides is 1. The Hall–Kier alpha value is -1.99. The Bertz CT molecular complexity index is 855. The zero-order valence-electron chi connectivity index (χ0n) is 20.0. The predicted octanol–water partition coefficient (Wildman–Crippen LogP) is 4.18. The molecule has 3 heterocycles. The summed E-state index contributed by atoms with van der Waals surface area (Å²) >= 11 is 6.13. The minimum Gasteiger partial charge on any atom is -0.462 e. The van der Waals surface area contributed by atoms with Gasteiger partial charge in [0.25, 0.3) is 0 Å². The molecule has 3 aliphatic rings. The van der Waals surface area contributed by atoms with Crippen molar-refractivity contribution in [3.8, 4) is 0 Å². The molecule has 33 heavy (non-hydrogen) atoms. The van der Waals surface area contributed by atoms with Crippen molar-refractivity contribution < 1.29 is 19.1 Å². The second-order valence-corrected chi connectivity index (χ2v) is 11.0. The topological polar surface area (TPSA) is 62.3 Å². The molecular formula is C25H36ClN3O4. The smallest absolute Gasteiger partial charge is 0.410 e. The number of cyclic esters (lactones) is 1. The van der Waals surface area contributed by atoms with Crippen LogP contribution in [-0.2, 0) is 14.3 Å². The molecule has 8 heteroatoms. The lowest BCUT2D eigenvalue weighted by atomic mass is 9.76. The fourth-order valence-corrected chi connectivity index (χ4v) is 5.26. The van der Waals surface area contributed by atoms with Crippen LogP contribution in [-0.4, -0.2) is 79.4 Å². The van der Waals surface area contributed by atoms with Crippen molar-refractivity contribution in [3.05, 3.63) is 29.3 Å². The normalized spacial score (nSPS) is 23.6. The Labute approximate surface area is 201 Å². The molecule has 1 aromatic rings. The number of carbonyl (C=O) groups excluding carboxylic acids is 2. The maximum atomic E-state index is 12.8. The number of anilines is 1. The van der Waals surface area contributed by atoms with Gasteiger partial charge in [0.15, 0.2) is 0 Å². The van der Waals surface area contributed by atoms with Crippen LogP contribution in [0.4, 0.5) is 10.5 Å². The summed E-state index contributed by atoms with van der Waals surface area (Å²) < 4.78 is 11.3. The van der Waals surface area contributed by atoms with Gasteiger partial charge in [-0.15, -0.1) is 0 Å². The number of rotatable bonds is 4. The predicted molar refractivity (Wildman–Crippen MR) is 129 cm³/mol. The van der Waals surface area contributed by atoms with Gasteiger partial charge in [-0.25, -0.2) is 4.79 Å². The monoisotopic (exact) mass is 477 g/mol. The van der Waals surface area contributed by atoms with E-state index in [2.05, 4.69) is 15.9 Å². The molecule has 7 nitrogen and oxygen atoms in total. The van der Waals surface area contributed by atoms with Crippen molar-refractivity contribution in [1.82, 2.24) is 9.80 Å². The van der Waals surface area contributed by atoms with Crippen molar-refractivity contribution in [1.29, 1.82) is 0 Å². The van der Waals surface area contributed by atoms with E-state index < -0.39 is 11.0 Å². The average Bonchev–Trinajstić information content (AvgIpc) is 3.06. The summed E-state index contributed by atoms with van der Waals surface area (Å²) in [5.74, 6) is -0.0814. The molecule has 1 aromatic carbocycles. The highest BCUT2D eigenvalue weighted by Gasteiger charge is 2.51. The Morgan fingerprint density at radius 1 is 1.15 bits per heavy atom. The van der Waals surface area contributed by atoms with E-state index >= 15 is 0 Å². The zero-order valence-corrected chi connectivity index (χ0v) is 20.8. The molecule has 1 amide bonds. The number of piperazine rings is 1. The maximum Gasteiger partial charge on any atom is 0.410 e. The second-order valence-electron chi connectivity index (χ2n) is 10.6. The van der Waals surface area contributed by atoms with Gasteiger partial charge in [0, 0.05) is 62.9 Å². The van der Waals surface area contributed by atoms with Crippen LogP contribution < -0.4 is 4.90 Å². The van der Waals surface area contributed by atoms with Gasteiger partial charge in [0.05, 0.1) is 5.41 Å². The highest BCUT2D eigenvalue weighted by molar-refractivity contribution is 6.30. The van der Waals surface area contributed by atoms with E-state index in [0.717, 1.165) is 50.6 Å². The molecule has 0 unspecified atom stereocenters. The van der Waals surface area contributed by atoms with Crippen molar-refractivity contribution in [2.24, 2.45) is 5.41 Å². The summed E-state index contributed by atoms with van der Waals surface area (Å²) in [6, 6.07) is 8.01. The molecule has 1 atom stereocenters. The second kappa shape index (κ2) is 9.71. The largest absolute Gasteiger partial charge is 0.462 e. The lowest BCUT2D eigenvalue weighted by Crippen LogP contribution is -2.47. The maximum absolute atomic E-state index is 12.8. The van der Waals surface area contributed by atoms with Crippen molar-refractivity contribution in [2.75, 3.05) is 50.7 Å². The summed E-state index contributed by atoms with van der Waals surface area (Å²) in [6.45, 7) is 11.5. The third-order valence-electron chi connectivity index (χ3n) is 7.01. The third-order valence-corrected chi connectivity index (χ3v) is 7.25. The molecule has 1 spiro atoms. The van der Waals surface area contributed by atoms with Crippen LogP contribution in [0.15, 0.2) is 24.3 Å². The first-order chi connectivity index (χ1) is 15.6. The summed E-state index contributed by atoms with van der Waals surface area (Å²) in [7, 11) is 0. The number of benzene rings is 1. The summed E-state index contributed by atoms with van der Waals surface area (Å²) in [4.78, 5) is 31.6. The Balaban J connectivity index is 1.21. The molecule has 0 aliphatic carbocycles. The number of piperidine rings is 1. The Morgan fingerprint density at radius 2 is 1.85 bits per heavy atom. The quantitative estimate of drug-likeness (QED) is 0.606. The number of ether oxygens (including phenoxy) is 2. The van der Waals surface area contributed by atoms with E-state index in [1.54, 1.807) is 4.90 Å². The summed E-state index contributed by atoms with van der Waals surface area (Å²) in [5, 5.41) is 0.767. The van der Waals surface area contributed by atoms with Crippen molar-refractivity contribution in [2.45, 2.75) is 58.2 Å². The minimum atomic E-state index is -0.511. The van der Waals surface area contributed by atoms with Crippen LogP contribution in [0.3, 0.4) is 0 Å². The number of hydrogen-bond donors (Lipinski definition) is 0. The Morgan fingerprint density at radius 3 is 2.48 bits per heavy atom. The number of halogens is 1. The molecule has 3 fully saturated rings. The number of nitrogens with zero attached hydrogens (tertiary/aromatic N) is 3. The first-order valence-electron chi connectivity index (χ1n) is 12.1. The van der Waals surface area contributed by atoms with E-state index in [0.29, 0.717) is 25.9 Å². The zero-order chi connectivity index (χ0) is 23.6. The van der Waals surface area contributed by atoms with Gasteiger partial charge in [0.1, 0.15) is 11.7 Å². The first kappa shape index (κ1) is 24.1. The van der Waals surface area contributed by atoms with Gasteiger partial charge in [-0.1, -0.05) is 17.7 Å². The van der Waals surface area contributed by atoms with Crippen LogP contribution in [0.2, 0.25) is 5.02 Å². The molecule has 0 radical (unpaired) electrons. The summed E-state index contributed by atoms with van der Waals surface area (Å²) in [5.41, 5.74) is 0.226. The number of hydrogen-bond acceptors (Lipinski definition) is 6. The summed E-state index contributed by atoms with van der Waals surface area (Å²) in [6.07, 6.45) is 2.60. The highest BCUT2D eigenvalue weighted by Crippen LogP contribution is 2.44. The van der Waals surface area contributed by atoms with E-state index in [-0.39, 0.29) is 18.2 Å². The van der Waals surface area contributed by atoms with Gasteiger partial charge in [-0.3, -0.25) is 9.69 Å². The molecule has 4 rings (SSSR count). The lowest BCUT2D eigenvalue weighted by molar-refractivity contribution is -0.151. The highest BCUT2D eigenvalue weighted by atomic mass is 35.5. The first-order valence-corrected chi connectivity index (χ1v) is 12.4. The number of carbonyl (C=O) groups is 2. The van der Waals surface area contributed by atoms with Crippen LogP contribution in [0, 0.1) is 5.41 Å². The van der Waals surface area contributed by atoms with Gasteiger partial charge >= 0.3 is 12.1 Å². The van der Waals surface area contributed by atoms with Crippen LogP contribution in [0.25, 0.3) is 0 Å². The van der Waals surface area contributed by atoms with Gasteiger partial charge in [-0.2, -0.15) is 0 Å². The fraction of sp³-hybridized carbons (Fsp3) is 0.680. The Kier molecular flexibility index (Phi) is 7.10. The standard InChI is InChI=1S/C25H36ClN3O4/c1-24(2,3)33-23(31)29-11-8-25(9-12-29)18-21(32-22(25)30)7-10-27-13-15-28(16-14-27)20-6-4-5-19(26)17-20/h4-6,17,21H,7-16,18H2,1-3H3/t21-/m0/s1. The molecule has 3 aliphatic heterocycles. The average molecular weight is 478 g/mol. The fourth-order valence-electron chi connectivity index (χ4n) is 5.08. The molecule has 0 saturated carbocycles. The molecule has 3 saturated heterocycles. The van der Waals surface area contributed by atoms with Gasteiger partial charge in [0.2, 0.25) is 0 Å². The van der Waals surface area contributed by atoms with E-state index in [1.165, 1.54) is 5.69 Å². The van der Waals surface area contributed by atoms with E-state index in [1.807, 2.05) is 39.0 Å². The van der Waals surface area contributed by atoms with Crippen LogP contribution in [0.1, 0.15) is 46.5 Å². The van der Waals surface area contributed by atoms with Crippen molar-refractivity contribution >= 4 is 29.4 Å².